The van der Waals surface area contributed by atoms with Gasteiger partial charge in [-0.3, -0.25) is 29.0 Å². The number of nitrogens with two attached hydrogens (primary N) is 2. The van der Waals surface area contributed by atoms with Gasteiger partial charge in [-0.15, -0.1) is 24.0 Å². The molecule has 0 spiro atoms. The normalized spacial score (nSPS) is 19.2. The number of carbonyl (C=O) groups is 4. The van der Waals surface area contributed by atoms with E-state index in [-0.39, 0.29) is 188 Å². The maximum atomic E-state index is 13.6. The molecule has 4 aliphatic rings. The Morgan fingerprint density at radius 1 is 0.652 bits per heavy atom. The third kappa shape index (κ3) is 34.0. The number of amidine groups is 2. The Kier molecular flexibility index (Phi) is 48.1. The van der Waals surface area contributed by atoms with Crippen LogP contribution in [0.25, 0.3) is 0 Å². The topological polar surface area (TPSA) is 306 Å². The molecule has 9 N–H and O–H groups in total. The molecule has 4 heterocycles. The Hall–Kier alpha value is -5.48. The van der Waals surface area contributed by atoms with E-state index in [0.717, 1.165) is 16.7 Å². The van der Waals surface area contributed by atoms with E-state index in [1.54, 1.807) is 86.6 Å². The number of aliphatic hydroxyl groups excluding tert-OH is 1. The number of rotatable bonds is 28. The minimum atomic E-state index is -1.44. The van der Waals surface area contributed by atoms with Gasteiger partial charge in [0, 0.05) is 33.1 Å². The molecule has 0 radical (unpaired) electrons. The summed E-state index contributed by atoms with van der Waals surface area (Å²) in [6, 6.07) is 31.5. The van der Waals surface area contributed by atoms with Gasteiger partial charge in [0.05, 0.1) is 80.8 Å². The monoisotopic (exact) mass is 1680 g/mol. The number of aliphatic hydroxyl groups is 1. The van der Waals surface area contributed by atoms with Crippen molar-refractivity contribution in [2.24, 2.45) is 26.8 Å². The van der Waals surface area contributed by atoms with Gasteiger partial charge in [-0.1, -0.05) is 91.0 Å². The standard InChI is InChI=1S/C24H29F3N4O3.C24H26F3N3O3.C20H22F3NO2.C4H8ClN3O2.C2H2FO3.ClH.2K/c1-15(20-10-17(12-25)9-18(11-20)13-26)34-24-23(19-3-5-21(27)6-4-19)31(7-8-33-24)14-22(28)30-29-16(2)32;1-15(19-9-16(12-25)8-17(10-19)13-26)33-24-23(18-2-4-20(27)5-3-18)30(6-7-32-24)14-21-11-22(31)29-28-21;1-13(17-9-14(11-21)8-15(10-17)12-22)26-20-19(24-6-7-25-20)16-2-4-18(23)5-3-16;5-1-3(6)7-8-4(10)2-9;3-1-5-6-2-4;;;/h3-6,9-11,15,23-24H,7-8,12-14H2,1-2H3,(H2,28,30)(H,29,32);2-5,8-10,15,23-24H,6-7,11-14H2,1H3,(H,29,31);2-5,8-10,13,19-20,24H,6-7,11-12H2,1H3;9H,1-2H2,(H2,6,7)(H,8,10);1-2H;1H;;/q;;;;-1;;2*+1/t2*15-,23+,24-;13-,19+,20-;;;;;/m111...../s1/i;;;;2D;;;. The van der Waals surface area contributed by atoms with Gasteiger partial charge < -0.3 is 64.5 Å². The van der Waals surface area contributed by atoms with Crippen molar-refractivity contribution in [1.29, 1.82) is 0 Å². The van der Waals surface area contributed by atoms with Crippen molar-refractivity contribution in [3.8, 4) is 0 Å². The van der Waals surface area contributed by atoms with E-state index in [2.05, 4.69) is 46.1 Å². The van der Waals surface area contributed by atoms with E-state index in [1.165, 1.54) is 61.5 Å². The first-order valence-electron chi connectivity index (χ1n) is 34.3. The summed E-state index contributed by atoms with van der Waals surface area (Å²) in [5, 5.41) is 22.8. The molecule has 10 rings (SSSR count). The maximum absolute atomic E-state index is 13.6. The van der Waals surface area contributed by atoms with Crippen LogP contribution in [0.15, 0.2) is 143 Å². The van der Waals surface area contributed by atoms with E-state index in [9.17, 15) is 63.1 Å². The smallest absolute Gasteiger partial charge is 0.426 e. The van der Waals surface area contributed by atoms with Crippen molar-refractivity contribution in [2.45, 2.75) is 129 Å². The fourth-order valence-electron chi connectivity index (χ4n) is 11.4. The van der Waals surface area contributed by atoms with Crippen molar-refractivity contribution in [3.63, 3.8) is 0 Å². The Morgan fingerprint density at radius 3 is 1.41 bits per heavy atom. The third-order valence-electron chi connectivity index (χ3n) is 16.4. The molecule has 112 heavy (non-hydrogen) atoms. The maximum Gasteiger partial charge on any atom is 1.00 e. The number of morpholine rings is 3. The van der Waals surface area contributed by atoms with Crippen molar-refractivity contribution < 1.29 is 211 Å². The van der Waals surface area contributed by atoms with Gasteiger partial charge in [0.15, 0.2) is 20.2 Å². The molecular weight excluding hydrogens is 1590 g/mol. The largest absolute Gasteiger partial charge is 1.00 e. The Bertz CT molecular complexity index is 3930. The van der Waals surface area contributed by atoms with Gasteiger partial charge in [-0.05, 0) is 131 Å². The third-order valence-corrected chi connectivity index (χ3v) is 16.7. The van der Waals surface area contributed by atoms with Gasteiger partial charge in [0.25, 0.3) is 5.91 Å². The van der Waals surface area contributed by atoms with E-state index in [4.69, 9.17) is 58.0 Å². The molecule has 3 saturated heterocycles. The Balaban J connectivity index is 0.000000394. The quantitative estimate of drug-likeness (QED) is 0.00366. The first-order valence-corrected chi connectivity index (χ1v) is 34.4. The van der Waals surface area contributed by atoms with Crippen LogP contribution in [0, 0.1) is 24.3 Å². The van der Waals surface area contributed by atoms with Crippen LogP contribution in [0.4, 0.5) is 43.9 Å². The van der Waals surface area contributed by atoms with Crippen LogP contribution in [-0.4, -0.2) is 140 Å². The van der Waals surface area contributed by atoms with Gasteiger partial charge in [0.1, 0.15) is 75.8 Å². The van der Waals surface area contributed by atoms with Gasteiger partial charge in [-0.25, -0.2) is 55.8 Å². The zero-order valence-electron chi connectivity index (χ0n) is 63.2. The van der Waals surface area contributed by atoms with E-state index in [0.29, 0.717) is 102 Å². The molecule has 3 amide bonds. The number of amides is 3. The number of ether oxygens (including phenoxy) is 6. The van der Waals surface area contributed by atoms with Gasteiger partial charge >= 0.3 is 109 Å². The molecule has 0 bridgehead atoms. The second-order valence-corrected chi connectivity index (χ2v) is 24.7. The summed E-state index contributed by atoms with van der Waals surface area (Å²) in [7, 11) is 0. The number of nitrogens with one attached hydrogen (secondary N) is 4. The number of alkyl halides is 7. The second-order valence-electron chi connectivity index (χ2n) is 24.5. The summed E-state index contributed by atoms with van der Waals surface area (Å²) in [6.07, 6.45) is -4.80. The first-order chi connectivity index (χ1) is 52.8. The molecule has 0 saturated carbocycles. The average Bonchev–Trinajstić information content (AvgIpc) is 1.51. The van der Waals surface area contributed by atoms with Crippen molar-refractivity contribution in [3.05, 3.63) is 218 Å². The molecule has 3 fully saturated rings. The molecule has 4 aliphatic heterocycles. The van der Waals surface area contributed by atoms with Crippen LogP contribution < -0.4 is 136 Å². The van der Waals surface area contributed by atoms with Crippen molar-refractivity contribution in [2.75, 3.05) is 65.0 Å². The van der Waals surface area contributed by atoms with Crippen LogP contribution in [0.5, 0.6) is 0 Å². The molecule has 6 aromatic rings. The minimum absolute atomic E-state index is 0. The van der Waals surface area contributed by atoms with Crippen LogP contribution in [-0.2, 0) is 97.4 Å². The fraction of sp³-hybridized carbons (Fsp3) is 0.405. The van der Waals surface area contributed by atoms with E-state index < -0.39 is 108 Å². The molecular formula is C74H88Cl2F10K2N11O13+. The summed E-state index contributed by atoms with van der Waals surface area (Å²) in [5.74, 6) is -1.84. The Morgan fingerprint density at radius 2 is 1.04 bits per heavy atom. The molecule has 6 aromatic carbocycles. The summed E-state index contributed by atoms with van der Waals surface area (Å²) < 4.78 is 172. The zero-order valence-corrected chi connectivity index (χ0v) is 70.0. The molecule has 9 atom stereocenters. The van der Waals surface area contributed by atoms with E-state index in [1.807, 2.05) is 17.2 Å². The molecule has 0 aromatic heterocycles. The summed E-state index contributed by atoms with van der Waals surface area (Å²) in [4.78, 5) is 52.9. The zero-order chi connectivity index (χ0) is 80.2. The van der Waals surface area contributed by atoms with Crippen LogP contribution in [0.2, 0.25) is 0 Å². The Labute approximate surface area is 739 Å². The molecule has 0 aliphatic carbocycles. The number of carbonyl (C=O) groups excluding carboxylic acids is 4. The van der Waals surface area contributed by atoms with Crippen LogP contribution >= 0.6 is 24.0 Å². The number of hydrogen-bond donors (Lipinski definition) is 7. The number of benzene rings is 6. The average molecular weight is 1680 g/mol. The number of hydrazone groups is 3. The van der Waals surface area contributed by atoms with Crippen LogP contribution in [0.3, 0.4) is 0 Å². The molecule has 24 nitrogen and oxygen atoms in total. The first kappa shape index (κ1) is 98.9. The predicted molar refractivity (Wildman–Crippen MR) is 389 cm³/mol. The predicted octanol–water partition coefficient (Wildman–Crippen LogP) is 5.51. The summed E-state index contributed by atoms with van der Waals surface area (Å²) in [5.41, 5.74) is 25.2. The fourth-order valence-corrected chi connectivity index (χ4v) is 11.5. The van der Waals surface area contributed by atoms with Gasteiger partial charge in [-0.2, -0.15) is 15.3 Å². The molecule has 602 valence electrons. The summed E-state index contributed by atoms with van der Waals surface area (Å²) in [6.45, 7) is 5.11. The number of nitrogens with zero attached hydrogens (tertiary/aromatic N) is 5. The summed E-state index contributed by atoms with van der Waals surface area (Å²) >= 11 is 5.21. The minimum Gasteiger partial charge on any atom is -0.426 e. The van der Waals surface area contributed by atoms with Crippen LogP contribution in [0.1, 0.15) is 139 Å². The van der Waals surface area contributed by atoms with E-state index >= 15 is 0 Å². The van der Waals surface area contributed by atoms with Gasteiger partial charge in [0.2, 0.25) is 11.8 Å². The SMILES string of the molecule is CC(=O)N/N=C(\N)CN1CCO[C@H](O[C@H](C)c2cc(CF)cc(CF)c2)[C@@H]1c1ccc(F)cc1.C[C@@H](O[C@H]1OCCN(CC2=NNC(=O)C2)[C@H]1c1ccc(F)cc1)c1cc(CF)cc(CF)c1.C[C@@H](O[C@H]1OCCN[C@H]1c1ccc(F)cc1)c1cc(CF)cc(CF)c1.Cl.N/C(CCl)=N\NC(=O)CO.[2H]C(=O)OO[CH-]F.[K+].[K+]. The van der Waals surface area contributed by atoms with Crippen molar-refractivity contribution >= 4 is 65.6 Å². The molecule has 0 unspecified atom stereocenters. The number of hydrogen-bond acceptors (Lipinski definition) is 19. The molecule has 38 heteroatoms. The second kappa shape index (κ2) is 54.4. The number of halogens is 12. The van der Waals surface area contributed by atoms with Crippen molar-refractivity contribution in [1.82, 2.24) is 31.4 Å².